The van der Waals surface area contributed by atoms with Crippen LogP contribution in [-0.4, -0.2) is 49.6 Å². The summed E-state index contributed by atoms with van der Waals surface area (Å²) in [5.74, 6) is -0.222. The molecular formula is C16H18N8O4. The number of amides is 1. The van der Waals surface area contributed by atoms with Crippen molar-refractivity contribution in [2.24, 2.45) is 5.10 Å². The molecule has 4 N–H and O–H groups in total. The maximum Gasteiger partial charge on any atom is 0.293 e. The van der Waals surface area contributed by atoms with E-state index in [1.54, 1.807) is 12.1 Å². The Morgan fingerprint density at radius 2 is 2.21 bits per heavy atom. The number of phenolic OH excluding ortho intramolecular Hbond substituents is 1. The molecule has 3 aromatic rings. The lowest BCUT2D eigenvalue weighted by atomic mass is 10.1. The number of aromatic hydroxyl groups is 1. The maximum absolute atomic E-state index is 12.5. The first kappa shape index (κ1) is 18.8. The van der Waals surface area contributed by atoms with Crippen molar-refractivity contribution in [3.63, 3.8) is 0 Å². The number of nitrogen functional groups attached to an aromatic ring is 1. The first-order chi connectivity index (χ1) is 13.4. The van der Waals surface area contributed by atoms with Gasteiger partial charge in [0.2, 0.25) is 11.6 Å². The molecule has 0 spiro atoms. The van der Waals surface area contributed by atoms with Gasteiger partial charge >= 0.3 is 0 Å². The highest BCUT2D eigenvalue weighted by Gasteiger charge is 2.25. The molecule has 28 heavy (non-hydrogen) atoms. The van der Waals surface area contributed by atoms with E-state index >= 15 is 0 Å². The Bertz CT molecular complexity index is 1020. The van der Waals surface area contributed by atoms with Crippen LogP contribution in [-0.2, 0) is 0 Å². The fraction of sp³-hybridized carbons (Fsp3) is 0.250. The maximum atomic E-state index is 12.5. The zero-order valence-electron chi connectivity index (χ0n) is 15.3. The predicted molar refractivity (Wildman–Crippen MR) is 97.4 cm³/mol. The average Bonchev–Trinajstić information content (AvgIpc) is 3.28. The minimum Gasteiger partial charge on any atom is -0.504 e. The first-order valence-electron chi connectivity index (χ1n) is 8.16. The minimum absolute atomic E-state index is 0.00324. The van der Waals surface area contributed by atoms with Gasteiger partial charge in [-0.3, -0.25) is 4.79 Å². The lowest BCUT2D eigenvalue weighted by Crippen LogP contribution is -2.21. The normalized spacial score (nSPS) is 11.3. The van der Waals surface area contributed by atoms with Gasteiger partial charge in [-0.15, -0.1) is 5.10 Å². The zero-order chi connectivity index (χ0) is 20.3. The molecule has 1 aromatic carbocycles. The van der Waals surface area contributed by atoms with Gasteiger partial charge in [0.15, 0.2) is 17.2 Å². The van der Waals surface area contributed by atoms with E-state index in [4.69, 9.17) is 10.5 Å². The average molecular weight is 386 g/mol. The van der Waals surface area contributed by atoms with Gasteiger partial charge in [0.05, 0.1) is 19.0 Å². The van der Waals surface area contributed by atoms with Gasteiger partial charge in [-0.2, -0.15) is 9.78 Å². The summed E-state index contributed by atoms with van der Waals surface area (Å²) in [6.45, 7) is 3.73. The molecule has 0 aliphatic carbocycles. The van der Waals surface area contributed by atoms with Crippen LogP contribution in [0.1, 0.15) is 41.5 Å². The summed E-state index contributed by atoms with van der Waals surface area (Å²) in [5.41, 5.74) is 9.24. The van der Waals surface area contributed by atoms with Gasteiger partial charge in [-0.25, -0.2) is 10.1 Å². The van der Waals surface area contributed by atoms with Crippen molar-refractivity contribution in [3.05, 3.63) is 35.2 Å². The fourth-order valence-corrected chi connectivity index (χ4v) is 2.46. The van der Waals surface area contributed by atoms with Crippen LogP contribution in [0.15, 0.2) is 27.9 Å². The number of hydrazone groups is 1. The Morgan fingerprint density at radius 3 is 2.86 bits per heavy atom. The summed E-state index contributed by atoms with van der Waals surface area (Å²) in [6, 6.07) is 4.64. The van der Waals surface area contributed by atoms with Crippen LogP contribution in [0.25, 0.3) is 5.82 Å². The number of hydrogen-bond acceptors (Lipinski definition) is 10. The Morgan fingerprint density at radius 1 is 1.43 bits per heavy atom. The van der Waals surface area contributed by atoms with Crippen LogP contribution < -0.4 is 15.9 Å². The lowest BCUT2D eigenvalue weighted by Gasteiger charge is -2.08. The number of anilines is 1. The van der Waals surface area contributed by atoms with Crippen molar-refractivity contribution in [2.75, 3.05) is 12.8 Å². The van der Waals surface area contributed by atoms with Gasteiger partial charge in [0.1, 0.15) is 0 Å². The molecule has 146 valence electrons. The zero-order valence-corrected chi connectivity index (χ0v) is 15.3. The summed E-state index contributed by atoms with van der Waals surface area (Å²) in [4.78, 5) is 12.5. The number of ether oxygens (including phenoxy) is 1. The van der Waals surface area contributed by atoms with Crippen LogP contribution in [0.2, 0.25) is 0 Å². The van der Waals surface area contributed by atoms with Crippen LogP contribution in [0, 0.1) is 0 Å². The molecule has 0 saturated heterocycles. The van der Waals surface area contributed by atoms with E-state index in [1.807, 2.05) is 13.8 Å². The number of nitrogens with two attached hydrogens (primary N) is 1. The van der Waals surface area contributed by atoms with Crippen molar-refractivity contribution in [2.45, 2.75) is 19.8 Å². The molecule has 0 saturated carbocycles. The molecule has 0 atom stereocenters. The van der Waals surface area contributed by atoms with E-state index in [9.17, 15) is 9.90 Å². The van der Waals surface area contributed by atoms with Crippen LogP contribution >= 0.6 is 0 Å². The van der Waals surface area contributed by atoms with E-state index in [0.29, 0.717) is 17.0 Å². The standard InChI is InChI=1S/C16H18N8O4/c1-8(2)13-12(19-23-24(13)15-14(17)21-28-22-15)16(26)20-18-7-9-4-5-10(25)11(6-9)27-3/h4-8,25H,1-3H3,(H2,17,21)(H,20,26). The number of carbonyl (C=O) groups is 1. The number of aromatic nitrogens is 5. The molecule has 12 heteroatoms. The molecule has 0 bridgehead atoms. The molecule has 2 aromatic heterocycles. The van der Waals surface area contributed by atoms with E-state index in [0.717, 1.165) is 0 Å². The molecule has 2 heterocycles. The fourth-order valence-electron chi connectivity index (χ4n) is 2.46. The minimum atomic E-state index is -0.563. The van der Waals surface area contributed by atoms with Crippen molar-refractivity contribution >= 4 is 17.9 Å². The van der Waals surface area contributed by atoms with Gasteiger partial charge in [0, 0.05) is 0 Å². The Balaban J connectivity index is 1.81. The Hall–Kier alpha value is -3.96. The highest BCUT2D eigenvalue weighted by Crippen LogP contribution is 2.25. The molecule has 12 nitrogen and oxygen atoms in total. The molecular weight excluding hydrogens is 368 g/mol. The highest BCUT2D eigenvalue weighted by molar-refractivity contribution is 5.94. The SMILES string of the molecule is COc1cc(C=NNC(=O)c2nnn(-c3nonc3N)c2C(C)C)ccc1O. The summed E-state index contributed by atoms with van der Waals surface area (Å²) >= 11 is 0. The molecule has 1 amide bonds. The second kappa shape index (κ2) is 7.73. The van der Waals surface area contributed by atoms with Gasteiger partial charge < -0.3 is 15.6 Å². The van der Waals surface area contributed by atoms with Crippen LogP contribution in [0.3, 0.4) is 0 Å². The second-order valence-corrected chi connectivity index (χ2v) is 5.99. The topological polar surface area (TPSA) is 167 Å². The summed E-state index contributed by atoms with van der Waals surface area (Å²) in [7, 11) is 1.44. The Labute approximate surface area is 158 Å². The highest BCUT2D eigenvalue weighted by atomic mass is 16.6. The van der Waals surface area contributed by atoms with Crippen LogP contribution in [0.4, 0.5) is 5.82 Å². The third-order valence-corrected chi connectivity index (χ3v) is 3.75. The van der Waals surface area contributed by atoms with Crippen molar-refractivity contribution in [1.29, 1.82) is 0 Å². The first-order valence-corrected chi connectivity index (χ1v) is 8.16. The van der Waals surface area contributed by atoms with E-state index in [2.05, 4.69) is 35.8 Å². The smallest absolute Gasteiger partial charge is 0.293 e. The molecule has 0 aliphatic heterocycles. The number of phenols is 1. The van der Waals surface area contributed by atoms with Gasteiger partial charge in [-0.1, -0.05) is 19.1 Å². The molecule has 0 unspecified atom stereocenters. The number of benzene rings is 1. The Kier molecular flexibility index (Phi) is 5.20. The predicted octanol–water partition coefficient (Wildman–Crippen LogP) is 0.834. The molecule has 0 fully saturated rings. The molecule has 0 radical (unpaired) electrons. The molecule has 3 rings (SSSR count). The number of carbonyl (C=O) groups excluding carboxylic acids is 1. The van der Waals surface area contributed by atoms with Crippen LogP contribution in [0.5, 0.6) is 11.5 Å². The quantitative estimate of drug-likeness (QED) is 0.410. The van der Waals surface area contributed by atoms with E-state index < -0.39 is 5.91 Å². The monoisotopic (exact) mass is 386 g/mol. The van der Waals surface area contributed by atoms with E-state index in [1.165, 1.54) is 24.1 Å². The summed E-state index contributed by atoms with van der Waals surface area (Å²) in [5, 5.41) is 28.5. The number of nitrogens with one attached hydrogen (secondary N) is 1. The summed E-state index contributed by atoms with van der Waals surface area (Å²) in [6.07, 6.45) is 1.40. The third kappa shape index (κ3) is 3.60. The number of methoxy groups -OCH3 is 1. The molecule has 0 aliphatic rings. The third-order valence-electron chi connectivity index (χ3n) is 3.75. The van der Waals surface area contributed by atoms with Gasteiger partial charge in [0.25, 0.3) is 5.91 Å². The number of nitrogens with zero attached hydrogens (tertiary/aromatic N) is 6. The largest absolute Gasteiger partial charge is 0.504 e. The number of hydrogen-bond donors (Lipinski definition) is 3. The summed E-state index contributed by atoms with van der Waals surface area (Å²) < 4.78 is 10.9. The lowest BCUT2D eigenvalue weighted by molar-refractivity contribution is 0.0948. The van der Waals surface area contributed by atoms with Gasteiger partial charge in [-0.05, 0) is 40.0 Å². The number of rotatable bonds is 6. The second-order valence-electron chi connectivity index (χ2n) is 5.99. The van der Waals surface area contributed by atoms with E-state index in [-0.39, 0.29) is 29.0 Å². The van der Waals surface area contributed by atoms with Crippen molar-refractivity contribution < 1.29 is 19.3 Å². The van der Waals surface area contributed by atoms with Crippen molar-refractivity contribution in [1.82, 2.24) is 30.7 Å². The van der Waals surface area contributed by atoms with Crippen molar-refractivity contribution in [3.8, 4) is 17.3 Å².